The third-order valence-corrected chi connectivity index (χ3v) is 2.47. The molecule has 0 spiro atoms. The lowest BCUT2D eigenvalue weighted by Crippen LogP contribution is -2.28. The number of aromatic amines is 1. The highest BCUT2D eigenvalue weighted by molar-refractivity contribution is 5.95. The van der Waals surface area contributed by atoms with E-state index in [2.05, 4.69) is 36.2 Å². The van der Waals surface area contributed by atoms with Crippen molar-refractivity contribution >= 4 is 11.7 Å². The first kappa shape index (κ1) is 12.9. The average molecular weight is 265 g/mol. The lowest BCUT2D eigenvalue weighted by Gasteiger charge is -2.11. The summed E-state index contributed by atoms with van der Waals surface area (Å²) in [6.45, 7) is 1.67. The van der Waals surface area contributed by atoms with E-state index in [1.54, 1.807) is 6.92 Å². The molecular formula is C10H12FN7O. The van der Waals surface area contributed by atoms with Gasteiger partial charge in [0.05, 0.1) is 11.6 Å². The average Bonchev–Trinajstić information content (AvgIpc) is 2.92. The molecule has 1 atom stereocenters. The van der Waals surface area contributed by atoms with Crippen LogP contribution in [-0.4, -0.2) is 38.6 Å². The summed E-state index contributed by atoms with van der Waals surface area (Å²) < 4.78 is 13.9. The van der Waals surface area contributed by atoms with Crippen LogP contribution in [0.3, 0.4) is 0 Å². The molecule has 1 amide bonds. The maximum absolute atomic E-state index is 13.9. The molecule has 1 unspecified atom stereocenters. The summed E-state index contributed by atoms with van der Waals surface area (Å²) in [5.74, 6) is -0.951. The number of carbonyl (C=O) groups is 1. The Labute approximate surface area is 107 Å². The number of halogens is 1. The van der Waals surface area contributed by atoms with Gasteiger partial charge in [0.25, 0.3) is 5.91 Å². The Hall–Kier alpha value is -2.58. The summed E-state index contributed by atoms with van der Waals surface area (Å²) in [5, 5.41) is 18.3. The Morgan fingerprint density at radius 2 is 2.32 bits per heavy atom. The topological polar surface area (TPSA) is 108 Å². The number of rotatable bonds is 4. The van der Waals surface area contributed by atoms with Crippen LogP contribution < -0.4 is 10.6 Å². The molecule has 0 aliphatic carbocycles. The van der Waals surface area contributed by atoms with Gasteiger partial charge in [-0.05, 0) is 13.0 Å². The monoisotopic (exact) mass is 265 g/mol. The van der Waals surface area contributed by atoms with E-state index in [1.165, 1.54) is 19.3 Å². The second kappa shape index (κ2) is 5.38. The molecule has 9 heteroatoms. The van der Waals surface area contributed by atoms with Crippen molar-refractivity contribution in [2.24, 2.45) is 0 Å². The number of aromatic nitrogens is 5. The van der Waals surface area contributed by atoms with Gasteiger partial charge in [0.2, 0.25) is 0 Å². The number of tetrazole rings is 1. The number of hydrogen-bond acceptors (Lipinski definition) is 6. The number of nitrogens with one attached hydrogen (secondary N) is 3. The lowest BCUT2D eigenvalue weighted by atomic mass is 10.2. The minimum absolute atomic E-state index is 0.0138. The van der Waals surface area contributed by atoms with Gasteiger partial charge in [-0.3, -0.25) is 4.79 Å². The van der Waals surface area contributed by atoms with Gasteiger partial charge in [0.15, 0.2) is 17.5 Å². The lowest BCUT2D eigenvalue weighted by molar-refractivity contribution is 0.0934. The quantitative estimate of drug-likeness (QED) is 0.732. The summed E-state index contributed by atoms with van der Waals surface area (Å²) in [4.78, 5) is 15.7. The number of pyridine rings is 1. The van der Waals surface area contributed by atoms with E-state index in [0.29, 0.717) is 5.82 Å². The van der Waals surface area contributed by atoms with Crippen LogP contribution in [0.2, 0.25) is 0 Å². The summed E-state index contributed by atoms with van der Waals surface area (Å²) in [7, 11) is 1.52. The Balaban J connectivity index is 2.16. The summed E-state index contributed by atoms with van der Waals surface area (Å²) in [5.41, 5.74) is -0.102. The van der Waals surface area contributed by atoms with Gasteiger partial charge in [0, 0.05) is 13.2 Å². The molecule has 0 aliphatic heterocycles. The van der Waals surface area contributed by atoms with E-state index >= 15 is 0 Å². The van der Waals surface area contributed by atoms with Crippen LogP contribution in [0.5, 0.6) is 0 Å². The fourth-order valence-corrected chi connectivity index (χ4v) is 1.49. The van der Waals surface area contributed by atoms with Crippen LogP contribution in [0.4, 0.5) is 10.2 Å². The number of carbonyl (C=O) groups excluding carboxylic acids is 1. The van der Waals surface area contributed by atoms with Crippen molar-refractivity contribution in [2.75, 3.05) is 12.4 Å². The summed E-state index contributed by atoms with van der Waals surface area (Å²) in [6, 6.07) is 0.811. The Morgan fingerprint density at radius 1 is 1.53 bits per heavy atom. The minimum Gasteiger partial charge on any atom is -0.371 e. The predicted molar refractivity (Wildman–Crippen MR) is 63.8 cm³/mol. The van der Waals surface area contributed by atoms with Crippen LogP contribution in [0.1, 0.15) is 29.1 Å². The first-order chi connectivity index (χ1) is 9.13. The zero-order valence-electron chi connectivity index (χ0n) is 10.3. The molecule has 2 heterocycles. The fraction of sp³-hybridized carbons (Fsp3) is 0.300. The Kier molecular flexibility index (Phi) is 3.64. The van der Waals surface area contributed by atoms with Crippen LogP contribution >= 0.6 is 0 Å². The molecule has 2 aromatic heterocycles. The number of H-pyrrole nitrogens is 1. The van der Waals surface area contributed by atoms with Crippen LogP contribution in [0, 0.1) is 5.82 Å². The van der Waals surface area contributed by atoms with Crippen LogP contribution in [-0.2, 0) is 0 Å². The molecule has 19 heavy (non-hydrogen) atoms. The fourth-order valence-electron chi connectivity index (χ4n) is 1.49. The van der Waals surface area contributed by atoms with Crippen molar-refractivity contribution in [1.29, 1.82) is 0 Å². The highest BCUT2D eigenvalue weighted by atomic mass is 19.1. The smallest absolute Gasteiger partial charge is 0.255 e. The van der Waals surface area contributed by atoms with Gasteiger partial charge in [-0.15, -0.1) is 10.2 Å². The molecule has 0 radical (unpaired) electrons. The van der Waals surface area contributed by atoms with E-state index in [4.69, 9.17) is 0 Å². The molecule has 100 valence electrons. The predicted octanol–water partition coefficient (Wildman–Crippen LogP) is 0.266. The van der Waals surface area contributed by atoms with Gasteiger partial charge in [-0.1, -0.05) is 5.21 Å². The van der Waals surface area contributed by atoms with E-state index in [-0.39, 0.29) is 11.4 Å². The van der Waals surface area contributed by atoms with Gasteiger partial charge in [-0.25, -0.2) is 9.37 Å². The number of amides is 1. The molecular weight excluding hydrogens is 253 g/mol. The van der Waals surface area contributed by atoms with Gasteiger partial charge in [-0.2, -0.15) is 5.21 Å². The SMILES string of the molecule is CNc1nccc(C(=O)NC(C)c2nn[nH]n2)c1F. The molecule has 2 aromatic rings. The Bertz CT molecular complexity index is 571. The highest BCUT2D eigenvalue weighted by Gasteiger charge is 2.19. The molecule has 3 N–H and O–H groups in total. The van der Waals surface area contributed by atoms with Crippen molar-refractivity contribution < 1.29 is 9.18 Å². The molecule has 0 saturated heterocycles. The zero-order chi connectivity index (χ0) is 13.8. The zero-order valence-corrected chi connectivity index (χ0v) is 10.3. The molecule has 0 aliphatic rings. The molecule has 0 saturated carbocycles. The summed E-state index contributed by atoms with van der Waals surface area (Å²) in [6.07, 6.45) is 1.35. The van der Waals surface area contributed by atoms with Crippen LogP contribution in [0.15, 0.2) is 12.3 Å². The largest absolute Gasteiger partial charge is 0.371 e. The molecule has 0 fully saturated rings. The van der Waals surface area contributed by atoms with Crippen LogP contribution in [0.25, 0.3) is 0 Å². The van der Waals surface area contributed by atoms with Gasteiger partial charge >= 0.3 is 0 Å². The summed E-state index contributed by atoms with van der Waals surface area (Å²) >= 11 is 0. The highest BCUT2D eigenvalue weighted by Crippen LogP contribution is 2.15. The number of nitrogens with zero attached hydrogens (tertiary/aromatic N) is 4. The van der Waals surface area contributed by atoms with Crippen molar-refractivity contribution in [3.63, 3.8) is 0 Å². The van der Waals surface area contributed by atoms with E-state index < -0.39 is 17.8 Å². The normalized spacial score (nSPS) is 11.9. The third kappa shape index (κ3) is 2.64. The second-order valence-electron chi connectivity index (χ2n) is 3.74. The molecule has 8 nitrogen and oxygen atoms in total. The number of anilines is 1. The molecule has 0 aromatic carbocycles. The standard InChI is InChI=1S/C10H12FN7O/c1-5(8-15-17-18-16-8)14-10(19)6-3-4-13-9(12-2)7(6)11/h3-5H,1-2H3,(H,12,13)(H,14,19)(H,15,16,17,18). The third-order valence-electron chi connectivity index (χ3n) is 2.47. The second-order valence-corrected chi connectivity index (χ2v) is 3.74. The van der Waals surface area contributed by atoms with E-state index in [9.17, 15) is 9.18 Å². The number of hydrogen-bond donors (Lipinski definition) is 3. The Morgan fingerprint density at radius 3 is 2.95 bits per heavy atom. The minimum atomic E-state index is -0.706. The van der Waals surface area contributed by atoms with Gasteiger partial charge in [0.1, 0.15) is 0 Å². The van der Waals surface area contributed by atoms with Gasteiger partial charge < -0.3 is 10.6 Å². The first-order valence-corrected chi connectivity index (χ1v) is 5.50. The maximum atomic E-state index is 13.9. The maximum Gasteiger partial charge on any atom is 0.255 e. The van der Waals surface area contributed by atoms with Crippen molar-refractivity contribution in [3.8, 4) is 0 Å². The van der Waals surface area contributed by atoms with E-state index in [0.717, 1.165) is 0 Å². The molecule has 0 bridgehead atoms. The van der Waals surface area contributed by atoms with Crippen molar-refractivity contribution in [1.82, 2.24) is 30.9 Å². The first-order valence-electron chi connectivity index (χ1n) is 5.50. The molecule has 2 rings (SSSR count). The van der Waals surface area contributed by atoms with E-state index in [1.807, 2.05) is 0 Å². The van der Waals surface area contributed by atoms with Crippen molar-refractivity contribution in [3.05, 3.63) is 29.5 Å². The van der Waals surface area contributed by atoms with Crippen molar-refractivity contribution in [2.45, 2.75) is 13.0 Å².